The summed E-state index contributed by atoms with van der Waals surface area (Å²) in [4.78, 5) is 25.5. The van der Waals surface area contributed by atoms with Crippen molar-refractivity contribution >= 4 is 23.0 Å². The van der Waals surface area contributed by atoms with Crippen LogP contribution < -0.4 is 5.73 Å². The van der Waals surface area contributed by atoms with Gasteiger partial charge in [0.25, 0.3) is 0 Å². The number of hydrogen-bond donors (Lipinski definition) is 2. The molecule has 82 valence electrons. The molecule has 0 aliphatic carbocycles. The van der Waals surface area contributed by atoms with Crippen LogP contribution in [0.25, 0.3) is 10.9 Å². The second kappa shape index (κ2) is 3.90. The van der Waals surface area contributed by atoms with Crippen LogP contribution in [0.1, 0.15) is 26.3 Å². The van der Waals surface area contributed by atoms with Crippen LogP contribution >= 0.6 is 0 Å². The topological polar surface area (TPSA) is 75.9 Å². The molecular formula is C12H12N2O2. The highest BCUT2D eigenvalue weighted by molar-refractivity contribution is 6.13. The van der Waals surface area contributed by atoms with Crippen molar-refractivity contribution in [1.82, 2.24) is 4.98 Å². The van der Waals surface area contributed by atoms with Gasteiger partial charge in [-0.25, -0.2) is 0 Å². The largest absolute Gasteiger partial charge is 0.360 e. The van der Waals surface area contributed by atoms with Crippen LogP contribution in [0, 0.1) is 6.92 Å². The van der Waals surface area contributed by atoms with E-state index in [-0.39, 0.29) is 12.3 Å². The lowest BCUT2D eigenvalue weighted by atomic mass is 10.0. The van der Waals surface area contributed by atoms with Crippen molar-refractivity contribution in [3.63, 3.8) is 0 Å². The van der Waals surface area contributed by atoms with Gasteiger partial charge < -0.3 is 10.7 Å². The Bertz CT molecular complexity index is 570. The van der Waals surface area contributed by atoms with Gasteiger partial charge in [-0.1, -0.05) is 0 Å². The number of rotatable bonds is 3. The van der Waals surface area contributed by atoms with Gasteiger partial charge in [-0.3, -0.25) is 9.59 Å². The fourth-order valence-electron chi connectivity index (χ4n) is 1.87. The van der Waals surface area contributed by atoms with E-state index >= 15 is 0 Å². The lowest BCUT2D eigenvalue weighted by Crippen LogP contribution is -2.13. The summed E-state index contributed by atoms with van der Waals surface area (Å²) >= 11 is 0. The number of nitrogens with two attached hydrogens (primary N) is 1. The van der Waals surface area contributed by atoms with E-state index in [0.717, 1.165) is 17.4 Å². The van der Waals surface area contributed by atoms with E-state index in [2.05, 4.69) is 4.98 Å². The normalized spacial score (nSPS) is 10.6. The molecule has 0 saturated heterocycles. The van der Waals surface area contributed by atoms with E-state index in [1.54, 1.807) is 12.3 Å². The van der Waals surface area contributed by atoms with E-state index in [4.69, 9.17) is 5.73 Å². The predicted octanol–water partition coefficient (Wildman–Crippen LogP) is 1.43. The first-order valence-corrected chi connectivity index (χ1v) is 4.97. The number of hydrogen-bond acceptors (Lipinski definition) is 3. The van der Waals surface area contributed by atoms with Crippen LogP contribution in [-0.2, 0) is 0 Å². The summed E-state index contributed by atoms with van der Waals surface area (Å²) < 4.78 is 0. The number of carbonyl (C=O) groups excluding carboxylic acids is 2. The van der Waals surface area contributed by atoms with Crippen LogP contribution in [-0.4, -0.2) is 23.6 Å². The Hall–Kier alpha value is -1.94. The van der Waals surface area contributed by atoms with Crippen molar-refractivity contribution in [2.75, 3.05) is 6.54 Å². The zero-order valence-corrected chi connectivity index (χ0v) is 8.91. The summed E-state index contributed by atoms with van der Waals surface area (Å²) in [5, 5.41) is 0.663. The van der Waals surface area contributed by atoms with Gasteiger partial charge in [-0.2, -0.15) is 0 Å². The molecule has 1 heterocycles. The van der Waals surface area contributed by atoms with Gasteiger partial charge in [0.1, 0.15) is 0 Å². The lowest BCUT2D eigenvalue weighted by molar-refractivity contribution is 0.100. The molecule has 2 aromatic rings. The Balaban J connectivity index is 2.79. The Morgan fingerprint density at radius 3 is 2.88 bits per heavy atom. The second-order valence-electron chi connectivity index (χ2n) is 3.72. The molecule has 16 heavy (non-hydrogen) atoms. The zero-order chi connectivity index (χ0) is 11.7. The Morgan fingerprint density at radius 1 is 1.50 bits per heavy atom. The van der Waals surface area contributed by atoms with Crippen LogP contribution in [0.15, 0.2) is 18.3 Å². The predicted molar refractivity (Wildman–Crippen MR) is 61.8 cm³/mol. The van der Waals surface area contributed by atoms with E-state index in [0.29, 0.717) is 16.5 Å². The maximum Gasteiger partial charge on any atom is 0.178 e. The number of aromatic amines is 1. The van der Waals surface area contributed by atoms with Crippen LogP contribution in [0.4, 0.5) is 0 Å². The number of aryl methyl sites for hydroxylation is 1. The highest BCUT2D eigenvalue weighted by Crippen LogP contribution is 2.23. The standard InChI is InChI=1S/C12H12N2O2/c1-7-2-8(6-15)12-9(11(16)4-13)5-14-10(12)3-7/h2-3,5-6,14H,4,13H2,1H3. The first kappa shape index (κ1) is 10.6. The Morgan fingerprint density at radius 2 is 2.25 bits per heavy atom. The van der Waals surface area contributed by atoms with E-state index in [1.165, 1.54) is 0 Å². The van der Waals surface area contributed by atoms with E-state index in [1.807, 2.05) is 13.0 Å². The highest BCUT2D eigenvalue weighted by atomic mass is 16.1. The third kappa shape index (κ3) is 1.53. The van der Waals surface area contributed by atoms with Crippen LogP contribution in [0.2, 0.25) is 0 Å². The number of H-pyrrole nitrogens is 1. The number of nitrogens with one attached hydrogen (secondary N) is 1. The second-order valence-corrected chi connectivity index (χ2v) is 3.72. The van der Waals surface area contributed by atoms with Gasteiger partial charge in [0.15, 0.2) is 12.1 Å². The molecule has 0 aliphatic rings. The molecule has 0 aliphatic heterocycles. The average Bonchev–Trinajstić information content (AvgIpc) is 2.70. The number of ketones is 1. The Labute approximate surface area is 92.4 Å². The molecule has 4 nitrogen and oxygen atoms in total. The minimum Gasteiger partial charge on any atom is -0.360 e. The van der Waals surface area contributed by atoms with E-state index in [9.17, 15) is 9.59 Å². The first-order chi connectivity index (χ1) is 7.67. The van der Waals surface area contributed by atoms with E-state index < -0.39 is 0 Å². The third-order valence-electron chi connectivity index (χ3n) is 2.57. The van der Waals surface area contributed by atoms with Crippen LogP contribution in [0.5, 0.6) is 0 Å². The monoisotopic (exact) mass is 216 g/mol. The molecule has 0 radical (unpaired) electrons. The lowest BCUT2D eigenvalue weighted by Gasteiger charge is -2.01. The number of Topliss-reactive ketones (excluding diaryl/α,β-unsaturated/α-hetero) is 1. The number of aromatic nitrogens is 1. The smallest absolute Gasteiger partial charge is 0.178 e. The average molecular weight is 216 g/mol. The molecule has 0 unspecified atom stereocenters. The summed E-state index contributed by atoms with van der Waals surface area (Å²) in [6.45, 7) is 1.84. The molecule has 1 aromatic heterocycles. The van der Waals surface area contributed by atoms with Crippen LogP contribution in [0.3, 0.4) is 0 Å². The minimum absolute atomic E-state index is 0.0564. The summed E-state index contributed by atoms with van der Waals surface area (Å²) in [5.74, 6) is -0.168. The molecule has 0 fully saturated rings. The number of carbonyl (C=O) groups is 2. The van der Waals surface area contributed by atoms with Crippen molar-refractivity contribution in [2.45, 2.75) is 6.92 Å². The molecule has 0 bridgehead atoms. The maximum absolute atomic E-state index is 11.6. The summed E-state index contributed by atoms with van der Waals surface area (Å²) in [6, 6.07) is 3.66. The van der Waals surface area contributed by atoms with Gasteiger partial charge in [0, 0.05) is 28.2 Å². The molecule has 0 atom stereocenters. The summed E-state index contributed by atoms with van der Waals surface area (Å²) in [5.41, 5.74) is 8.10. The number of fused-ring (bicyclic) bond motifs is 1. The summed E-state index contributed by atoms with van der Waals surface area (Å²) in [7, 11) is 0. The fourth-order valence-corrected chi connectivity index (χ4v) is 1.87. The molecule has 0 spiro atoms. The SMILES string of the molecule is Cc1cc(C=O)c2c(C(=O)CN)c[nH]c2c1. The first-order valence-electron chi connectivity index (χ1n) is 4.97. The number of benzene rings is 1. The van der Waals surface area contributed by atoms with Gasteiger partial charge in [0.05, 0.1) is 6.54 Å². The van der Waals surface area contributed by atoms with Crippen molar-refractivity contribution in [1.29, 1.82) is 0 Å². The fraction of sp³-hybridized carbons (Fsp3) is 0.167. The maximum atomic E-state index is 11.6. The highest BCUT2D eigenvalue weighted by Gasteiger charge is 2.13. The minimum atomic E-state index is -0.168. The quantitative estimate of drug-likeness (QED) is 0.602. The molecule has 0 saturated carbocycles. The van der Waals surface area contributed by atoms with Crippen molar-refractivity contribution in [3.05, 3.63) is 35.0 Å². The zero-order valence-electron chi connectivity index (χ0n) is 8.91. The molecule has 0 amide bonds. The van der Waals surface area contributed by atoms with Gasteiger partial charge in [-0.15, -0.1) is 0 Å². The summed E-state index contributed by atoms with van der Waals surface area (Å²) in [6.07, 6.45) is 2.36. The molecule has 1 aromatic carbocycles. The third-order valence-corrected chi connectivity index (χ3v) is 2.57. The van der Waals surface area contributed by atoms with Gasteiger partial charge in [-0.05, 0) is 24.6 Å². The van der Waals surface area contributed by atoms with Crippen molar-refractivity contribution < 1.29 is 9.59 Å². The van der Waals surface area contributed by atoms with Gasteiger partial charge >= 0.3 is 0 Å². The van der Waals surface area contributed by atoms with Gasteiger partial charge in [0.2, 0.25) is 0 Å². The Kier molecular flexibility index (Phi) is 2.58. The molecule has 2 rings (SSSR count). The molecule has 3 N–H and O–H groups in total. The molecule has 4 heteroatoms. The number of aldehydes is 1. The van der Waals surface area contributed by atoms with Crippen molar-refractivity contribution in [3.8, 4) is 0 Å². The van der Waals surface area contributed by atoms with Crippen molar-refractivity contribution in [2.24, 2.45) is 5.73 Å². The molecular weight excluding hydrogens is 204 g/mol.